The van der Waals surface area contributed by atoms with Crippen molar-refractivity contribution in [3.05, 3.63) is 0 Å². The van der Waals surface area contributed by atoms with Gasteiger partial charge in [0.2, 0.25) is 0 Å². The maximum atomic E-state index is 0. The summed E-state index contributed by atoms with van der Waals surface area (Å²) in [4.78, 5) is 0. The van der Waals surface area contributed by atoms with E-state index < -0.39 is 0 Å². The minimum absolute atomic E-state index is 0. The van der Waals surface area contributed by atoms with E-state index in [9.17, 15) is 0 Å². The van der Waals surface area contributed by atoms with Crippen molar-refractivity contribution < 1.29 is 110 Å². The fraction of sp³-hybridized carbons (Fsp3) is 0. The van der Waals surface area contributed by atoms with Gasteiger partial charge in [0.05, 0.1) is 0 Å². The van der Waals surface area contributed by atoms with Crippen molar-refractivity contribution in [1.82, 2.24) is 0 Å². The van der Waals surface area contributed by atoms with Gasteiger partial charge in [-0.05, 0) is 0 Å². The molecular formula is CaGeLuSmY. The molecule has 0 saturated heterocycles. The molecule has 0 aromatic carbocycles. The van der Waals surface area contributed by atoms with Crippen LogP contribution in [0, 0.1) is 77.3 Å². The Balaban J connectivity index is 0. The van der Waals surface area contributed by atoms with Crippen LogP contribution in [0.2, 0.25) is 0 Å². The summed E-state index contributed by atoms with van der Waals surface area (Å²) in [5.74, 6) is 0. The van der Waals surface area contributed by atoms with Crippen molar-refractivity contribution in [3.8, 4) is 0 Å². The molecule has 0 fully saturated rings. The van der Waals surface area contributed by atoms with E-state index in [1.807, 2.05) is 0 Å². The smallest absolute Gasteiger partial charge is 0 e. The number of rotatable bonds is 0. The average Bonchev–Trinajstić information content (AvgIpc) is 0. The second kappa shape index (κ2) is 22.7. The molecule has 5 heteroatoms. The number of hydrogen-bond acceptors (Lipinski definition) is 0. The van der Waals surface area contributed by atoms with Gasteiger partial charge in [0.25, 0.3) is 0 Å². The minimum atomic E-state index is 0. The number of hydrogen-bond donors (Lipinski definition) is 0. The maximum Gasteiger partial charge on any atom is 0 e. The van der Waals surface area contributed by atoms with E-state index >= 15 is 0 Å². The van der Waals surface area contributed by atoms with Gasteiger partial charge in [0.15, 0.2) is 0 Å². The third-order valence-electron chi connectivity index (χ3n) is 0. The molecule has 0 aliphatic carbocycles. The Hall–Kier alpha value is 5.48. The van der Waals surface area contributed by atoms with Gasteiger partial charge in [-0.15, -0.1) is 0 Å². The standard InChI is InChI=1S/Ca.Ge.Lu.Sm.Y. The Morgan fingerprint density at radius 3 is 1.00 bits per heavy atom. The summed E-state index contributed by atoms with van der Waals surface area (Å²) in [6, 6.07) is 0. The molecule has 0 spiro atoms. The van der Waals surface area contributed by atoms with E-state index in [2.05, 4.69) is 0 Å². The normalized spacial score (nSPS) is 0. The molecule has 5 heavy (non-hydrogen) atoms. The quantitative estimate of drug-likeness (QED) is 0.364. The molecule has 0 N–H and O–H groups in total. The Bertz CT molecular complexity index is 11.6. The molecule has 30 valence electrons. The second-order valence-electron chi connectivity index (χ2n) is 0. The van der Waals surface area contributed by atoms with Gasteiger partial charge in [-0.25, -0.2) is 0 Å². The van der Waals surface area contributed by atoms with E-state index in [1.165, 1.54) is 0 Å². The Morgan fingerprint density at radius 1 is 1.00 bits per heavy atom. The van der Waals surface area contributed by atoms with Crippen molar-refractivity contribution in [1.29, 1.82) is 0 Å². The molecule has 8 radical (unpaired) electrons. The van der Waals surface area contributed by atoms with E-state index in [4.69, 9.17) is 0 Å². The summed E-state index contributed by atoms with van der Waals surface area (Å²) >= 11 is 0. The van der Waals surface area contributed by atoms with Crippen molar-refractivity contribution in [3.63, 3.8) is 0 Å². The van der Waals surface area contributed by atoms with Crippen LogP contribution in [0.4, 0.5) is 0 Å². The predicted octanol–water partition coefficient (Wildman–Crippen LogP) is -0.764. The molecular weight excluding hydrogens is 527 g/mol. The monoisotopic (exact) mass is 530 g/mol. The molecule has 0 unspecified atom stereocenters. The van der Waals surface area contributed by atoms with Gasteiger partial charge in [-0.3, -0.25) is 0 Å². The fourth-order valence-electron chi connectivity index (χ4n) is 0. The topological polar surface area (TPSA) is 0 Å². The molecule has 0 aliphatic heterocycles. The van der Waals surface area contributed by atoms with E-state index in [0.717, 1.165) is 0 Å². The first-order valence-corrected chi connectivity index (χ1v) is 0. The SMILES string of the molecule is [Ca].[Ge].[Lu].[Sm].[Y]. The third kappa shape index (κ3) is 17.7. The van der Waals surface area contributed by atoms with E-state index in [0.29, 0.717) is 0 Å². The van der Waals surface area contributed by atoms with Gasteiger partial charge in [0.1, 0.15) is 0 Å². The van der Waals surface area contributed by atoms with Crippen LogP contribution in [0.1, 0.15) is 0 Å². The largest absolute Gasteiger partial charge is 0 e. The molecule has 0 saturated carbocycles. The summed E-state index contributed by atoms with van der Waals surface area (Å²) in [6.07, 6.45) is 0. The zero-order valence-corrected chi connectivity index (χ0v) is 13.9. The Morgan fingerprint density at radius 2 is 1.00 bits per heavy atom. The minimum Gasteiger partial charge on any atom is 0 e. The molecule has 0 aromatic heterocycles. The van der Waals surface area contributed by atoms with Gasteiger partial charge < -0.3 is 0 Å². The van der Waals surface area contributed by atoms with Gasteiger partial charge in [-0.2, -0.15) is 0 Å². The van der Waals surface area contributed by atoms with Crippen LogP contribution < -0.4 is 0 Å². The summed E-state index contributed by atoms with van der Waals surface area (Å²) in [6.45, 7) is 0. The summed E-state index contributed by atoms with van der Waals surface area (Å²) in [5.41, 5.74) is 0. The summed E-state index contributed by atoms with van der Waals surface area (Å²) in [7, 11) is 0. The first-order valence-electron chi connectivity index (χ1n) is 0. The molecule has 0 nitrogen and oxygen atoms in total. The summed E-state index contributed by atoms with van der Waals surface area (Å²) in [5, 5.41) is 0. The van der Waals surface area contributed by atoms with Gasteiger partial charge in [0, 0.05) is 165 Å². The molecule has 0 atom stereocenters. The van der Waals surface area contributed by atoms with Crippen LogP contribution in [-0.2, 0) is 32.7 Å². The zero-order valence-electron chi connectivity index (χ0n) is 2.45. The molecule has 0 heterocycles. The predicted molar refractivity (Wildman–Crippen MR) is 11.5 cm³/mol. The molecule has 0 aromatic rings. The molecule has 0 rings (SSSR count). The van der Waals surface area contributed by atoms with Crippen LogP contribution in [0.5, 0.6) is 0 Å². The first-order chi connectivity index (χ1) is 0. The van der Waals surface area contributed by atoms with Gasteiger partial charge >= 0.3 is 0 Å². The second-order valence-corrected chi connectivity index (χ2v) is 0. The zero-order chi connectivity index (χ0) is 0. The van der Waals surface area contributed by atoms with Crippen LogP contribution in [0.25, 0.3) is 0 Å². The third-order valence-corrected chi connectivity index (χ3v) is 0. The fourth-order valence-corrected chi connectivity index (χ4v) is 0. The van der Waals surface area contributed by atoms with E-state index in [1.54, 1.807) is 0 Å². The van der Waals surface area contributed by atoms with Crippen LogP contribution >= 0.6 is 0 Å². The van der Waals surface area contributed by atoms with Crippen LogP contribution in [-0.4, -0.2) is 55.3 Å². The summed E-state index contributed by atoms with van der Waals surface area (Å²) < 4.78 is 0. The van der Waals surface area contributed by atoms with Gasteiger partial charge in [-0.1, -0.05) is 0 Å². The van der Waals surface area contributed by atoms with Crippen molar-refractivity contribution in [2.45, 2.75) is 0 Å². The van der Waals surface area contributed by atoms with Crippen molar-refractivity contribution in [2.75, 3.05) is 0 Å². The molecule has 0 bridgehead atoms. The molecule has 0 aliphatic rings. The van der Waals surface area contributed by atoms with Crippen molar-refractivity contribution in [2.24, 2.45) is 0 Å². The average molecular weight is 527 g/mol. The van der Waals surface area contributed by atoms with E-state index in [-0.39, 0.29) is 165 Å². The molecule has 0 amide bonds. The van der Waals surface area contributed by atoms with Crippen LogP contribution in [0.3, 0.4) is 0 Å². The maximum absolute atomic E-state index is 0. The van der Waals surface area contributed by atoms with Crippen molar-refractivity contribution >= 4 is 55.3 Å². The first kappa shape index (κ1) is 31.4. The Labute approximate surface area is 160 Å². The Kier molecular flexibility index (Phi) is 142. The van der Waals surface area contributed by atoms with Crippen LogP contribution in [0.15, 0.2) is 0 Å².